The van der Waals surface area contributed by atoms with Crippen LogP contribution in [0.3, 0.4) is 0 Å². The van der Waals surface area contributed by atoms with Crippen LogP contribution in [-0.4, -0.2) is 38.3 Å². The van der Waals surface area contributed by atoms with E-state index >= 15 is 0 Å². The van der Waals surface area contributed by atoms with Crippen LogP contribution in [-0.2, 0) is 16.0 Å². The van der Waals surface area contributed by atoms with Crippen molar-refractivity contribution in [1.82, 2.24) is 5.32 Å². The zero-order valence-electron chi connectivity index (χ0n) is 13.1. The molecule has 0 aliphatic heterocycles. The van der Waals surface area contributed by atoms with Crippen LogP contribution in [0, 0.1) is 5.92 Å². The van der Waals surface area contributed by atoms with E-state index in [4.69, 9.17) is 5.11 Å². The number of hydrogen-bond donors (Lipinski definition) is 5. The first-order valence-corrected chi connectivity index (χ1v) is 7.45. The van der Waals surface area contributed by atoms with Gasteiger partial charge in [0.2, 0.25) is 11.7 Å². The van der Waals surface area contributed by atoms with Gasteiger partial charge < -0.3 is 25.7 Å². The first kappa shape index (κ1) is 17.4. The average molecular weight is 333 g/mol. The van der Waals surface area contributed by atoms with Gasteiger partial charge in [-0.3, -0.25) is 4.79 Å². The molecule has 2 atom stereocenters. The van der Waals surface area contributed by atoms with Gasteiger partial charge in [0.1, 0.15) is 0 Å². The number of carboxylic acids is 1. The van der Waals surface area contributed by atoms with E-state index in [-0.39, 0.29) is 30.2 Å². The number of hydrogen-bond acceptors (Lipinski definition) is 5. The molecule has 0 bridgehead atoms. The number of aryl methyl sites for hydroxylation is 1. The number of aliphatic carboxylic acids is 1. The Bertz CT molecular complexity index is 722. The van der Waals surface area contributed by atoms with E-state index in [2.05, 4.69) is 5.32 Å². The molecule has 0 saturated carbocycles. The van der Waals surface area contributed by atoms with Crippen molar-refractivity contribution < 1.29 is 30.0 Å². The third-order valence-corrected chi connectivity index (χ3v) is 3.91. The van der Waals surface area contributed by atoms with Gasteiger partial charge in [0.05, 0.1) is 11.6 Å². The number of carbonyl (C=O) groups excluding carboxylic acids is 1. The summed E-state index contributed by atoms with van der Waals surface area (Å²) in [6, 6.07) is 2.24. The number of phenolic OH excluding ortho intramolecular Hbond substituents is 3. The first-order valence-electron chi connectivity index (χ1n) is 7.45. The van der Waals surface area contributed by atoms with Crippen molar-refractivity contribution in [3.8, 4) is 17.2 Å². The number of carboxylic acid groups (broad SMARTS) is 1. The number of rotatable bonds is 5. The predicted octanol–water partition coefficient (Wildman–Crippen LogP) is 1.44. The summed E-state index contributed by atoms with van der Waals surface area (Å²) in [5.41, 5.74) is 0.457. The lowest BCUT2D eigenvalue weighted by molar-refractivity contribution is -0.132. The Hall–Kier alpha value is -2.96. The zero-order chi connectivity index (χ0) is 17.9. The van der Waals surface area contributed by atoms with Crippen LogP contribution in [0.1, 0.15) is 18.9 Å². The second-order valence-electron chi connectivity index (χ2n) is 5.68. The Kier molecular flexibility index (Phi) is 5.13. The topological polar surface area (TPSA) is 127 Å². The summed E-state index contributed by atoms with van der Waals surface area (Å²) in [6.07, 6.45) is 4.93. The molecule has 1 aliphatic rings. The Labute approximate surface area is 138 Å². The van der Waals surface area contributed by atoms with E-state index in [0.29, 0.717) is 5.56 Å². The largest absolute Gasteiger partial charge is 0.504 e. The Morgan fingerprint density at radius 2 is 1.88 bits per heavy atom. The quantitative estimate of drug-likeness (QED) is 0.519. The lowest BCUT2D eigenvalue weighted by Crippen LogP contribution is -2.39. The van der Waals surface area contributed by atoms with E-state index < -0.39 is 29.3 Å². The van der Waals surface area contributed by atoms with Gasteiger partial charge in [-0.25, -0.2) is 4.79 Å². The molecule has 128 valence electrons. The van der Waals surface area contributed by atoms with Crippen molar-refractivity contribution in [2.45, 2.75) is 25.8 Å². The second kappa shape index (κ2) is 7.08. The summed E-state index contributed by atoms with van der Waals surface area (Å²) in [6.45, 7) is 1.86. The zero-order valence-corrected chi connectivity index (χ0v) is 13.1. The highest BCUT2D eigenvalue weighted by atomic mass is 16.4. The molecule has 0 radical (unpaired) electrons. The van der Waals surface area contributed by atoms with Crippen molar-refractivity contribution in [3.05, 3.63) is 41.5 Å². The summed E-state index contributed by atoms with van der Waals surface area (Å²) >= 11 is 0. The highest BCUT2D eigenvalue weighted by molar-refractivity contribution is 5.90. The average Bonchev–Trinajstić information content (AvgIpc) is 2.54. The predicted molar refractivity (Wildman–Crippen MR) is 85.7 cm³/mol. The molecule has 1 amide bonds. The molecule has 24 heavy (non-hydrogen) atoms. The summed E-state index contributed by atoms with van der Waals surface area (Å²) in [7, 11) is 0. The Morgan fingerprint density at radius 3 is 2.54 bits per heavy atom. The number of nitrogens with one attached hydrogen (secondary N) is 1. The highest BCUT2D eigenvalue weighted by Gasteiger charge is 2.21. The molecule has 0 saturated heterocycles. The SMILES string of the molecule is CC1C=CC(C(=O)O)=CC1NC(=O)CCc1ccc(O)c(O)c1O. The lowest BCUT2D eigenvalue weighted by Gasteiger charge is -2.23. The van der Waals surface area contributed by atoms with Crippen LogP contribution in [0.2, 0.25) is 0 Å². The van der Waals surface area contributed by atoms with Gasteiger partial charge in [0.15, 0.2) is 11.5 Å². The molecule has 7 heteroatoms. The van der Waals surface area contributed by atoms with E-state index in [9.17, 15) is 24.9 Å². The molecule has 0 aromatic heterocycles. The summed E-state index contributed by atoms with van der Waals surface area (Å²) < 4.78 is 0. The number of amides is 1. The smallest absolute Gasteiger partial charge is 0.335 e. The number of carbonyl (C=O) groups is 2. The Balaban J connectivity index is 1.98. The van der Waals surface area contributed by atoms with Gasteiger partial charge in [-0.1, -0.05) is 25.1 Å². The van der Waals surface area contributed by atoms with Crippen molar-refractivity contribution in [2.24, 2.45) is 5.92 Å². The maximum atomic E-state index is 12.1. The fourth-order valence-corrected chi connectivity index (χ4v) is 2.41. The molecule has 1 aliphatic carbocycles. The van der Waals surface area contributed by atoms with Gasteiger partial charge in [0.25, 0.3) is 0 Å². The standard InChI is InChI=1S/C17H19NO6/c1-9-2-3-11(17(23)24)8-12(9)18-14(20)7-5-10-4-6-13(19)16(22)15(10)21/h2-4,6,8-9,12,19,21-22H,5,7H2,1H3,(H,18,20)(H,23,24). The van der Waals surface area contributed by atoms with E-state index in [1.165, 1.54) is 24.3 Å². The minimum atomic E-state index is -1.05. The molecule has 2 rings (SSSR count). The Morgan fingerprint density at radius 1 is 1.17 bits per heavy atom. The van der Waals surface area contributed by atoms with Crippen LogP contribution in [0.5, 0.6) is 17.2 Å². The van der Waals surface area contributed by atoms with Crippen LogP contribution < -0.4 is 5.32 Å². The monoisotopic (exact) mass is 333 g/mol. The number of benzene rings is 1. The van der Waals surface area contributed by atoms with E-state index in [1.807, 2.05) is 6.92 Å². The molecule has 0 fully saturated rings. The molecule has 1 aromatic rings. The van der Waals surface area contributed by atoms with Crippen LogP contribution in [0.15, 0.2) is 35.9 Å². The first-order chi connectivity index (χ1) is 11.3. The fraction of sp³-hybridized carbons (Fsp3) is 0.294. The molecular weight excluding hydrogens is 314 g/mol. The fourth-order valence-electron chi connectivity index (χ4n) is 2.41. The highest BCUT2D eigenvalue weighted by Crippen LogP contribution is 2.37. The summed E-state index contributed by atoms with van der Waals surface area (Å²) in [5.74, 6) is -2.91. The maximum Gasteiger partial charge on any atom is 0.335 e. The molecule has 5 N–H and O–H groups in total. The minimum absolute atomic E-state index is 0.0387. The van der Waals surface area contributed by atoms with Crippen molar-refractivity contribution >= 4 is 11.9 Å². The summed E-state index contributed by atoms with van der Waals surface area (Å²) in [5, 5.41) is 40.2. The molecule has 1 aromatic carbocycles. The lowest BCUT2D eigenvalue weighted by atomic mass is 9.93. The van der Waals surface area contributed by atoms with Crippen molar-refractivity contribution in [2.75, 3.05) is 0 Å². The molecule has 7 nitrogen and oxygen atoms in total. The van der Waals surface area contributed by atoms with Crippen molar-refractivity contribution in [3.63, 3.8) is 0 Å². The van der Waals surface area contributed by atoms with Crippen LogP contribution >= 0.6 is 0 Å². The molecule has 0 spiro atoms. The van der Waals surface area contributed by atoms with Crippen molar-refractivity contribution in [1.29, 1.82) is 0 Å². The maximum absolute atomic E-state index is 12.1. The summed E-state index contributed by atoms with van der Waals surface area (Å²) in [4.78, 5) is 23.1. The van der Waals surface area contributed by atoms with Crippen LogP contribution in [0.4, 0.5) is 0 Å². The number of aromatic hydroxyl groups is 3. The third kappa shape index (κ3) is 3.87. The van der Waals surface area contributed by atoms with Gasteiger partial charge in [0, 0.05) is 6.42 Å². The van der Waals surface area contributed by atoms with Gasteiger partial charge in [-0.05, 0) is 30.0 Å². The minimum Gasteiger partial charge on any atom is -0.504 e. The number of phenols is 3. The van der Waals surface area contributed by atoms with E-state index in [1.54, 1.807) is 6.08 Å². The van der Waals surface area contributed by atoms with Gasteiger partial charge in [-0.2, -0.15) is 0 Å². The van der Waals surface area contributed by atoms with E-state index in [0.717, 1.165) is 0 Å². The third-order valence-electron chi connectivity index (χ3n) is 3.91. The normalized spacial score (nSPS) is 19.6. The molecular formula is C17H19NO6. The molecule has 2 unspecified atom stereocenters. The second-order valence-corrected chi connectivity index (χ2v) is 5.68. The molecule has 0 heterocycles. The van der Waals surface area contributed by atoms with Crippen LogP contribution in [0.25, 0.3) is 0 Å². The van der Waals surface area contributed by atoms with Gasteiger partial charge >= 0.3 is 5.97 Å². The van der Waals surface area contributed by atoms with Gasteiger partial charge in [-0.15, -0.1) is 0 Å².